The topological polar surface area (TPSA) is 70.6 Å². The Morgan fingerprint density at radius 1 is 1.12 bits per heavy atom. The Hall–Kier alpha value is -2.08. The Morgan fingerprint density at radius 2 is 1.84 bits per heavy atom. The molecule has 0 radical (unpaired) electrons. The molecule has 25 heavy (non-hydrogen) atoms. The minimum Gasteiger partial charge on any atom is -0.320 e. The number of hydrogen-bond acceptors (Lipinski definition) is 4. The van der Waals surface area contributed by atoms with E-state index in [1.54, 1.807) is 0 Å². The van der Waals surface area contributed by atoms with Crippen LogP contribution in [0.1, 0.15) is 38.2 Å². The number of ketones is 1. The highest BCUT2D eigenvalue weighted by molar-refractivity contribution is 7.80. The Balaban J connectivity index is 1.85. The van der Waals surface area contributed by atoms with E-state index in [1.165, 1.54) is 0 Å². The van der Waals surface area contributed by atoms with Crippen molar-refractivity contribution >= 4 is 34.9 Å². The standard InChI is InChI=1S/C19H21N3O2S/c1-19(2)8-11-14(12(23)9-19)13(10-6-4-3-5-7-10)15-16(20-11)21-18(25)22-17(15)24/h3-7,11,13-15H,8-9H2,1-2H3,(H2,20,21,22,24,25). The van der Waals surface area contributed by atoms with Gasteiger partial charge in [-0.15, -0.1) is 0 Å². The van der Waals surface area contributed by atoms with E-state index in [0.29, 0.717) is 12.3 Å². The predicted octanol–water partition coefficient (Wildman–Crippen LogP) is 2.18. The molecule has 1 saturated heterocycles. The lowest BCUT2D eigenvalue weighted by Crippen LogP contribution is -2.62. The molecule has 0 aromatic heterocycles. The van der Waals surface area contributed by atoms with Gasteiger partial charge in [0.15, 0.2) is 5.11 Å². The largest absolute Gasteiger partial charge is 0.320 e. The van der Waals surface area contributed by atoms with Crippen molar-refractivity contribution < 1.29 is 9.59 Å². The van der Waals surface area contributed by atoms with Crippen molar-refractivity contribution in [2.24, 2.45) is 22.2 Å². The number of carbonyl (C=O) groups excluding carboxylic acids is 2. The van der Waals surface area contributed by atoms with Gasteiger partial charge in [-0.1, -0.05) is 44.2 Å². The fourth-order valence-corrected chi connectivity index (χ4v) is 4.79. The number of amidine groups is 1. The van der Waals surface area contributed by atoms with Gasteiger partial charge < -0.3 is 10.6 Å². The van der Waals surface area contributed by atoms with Crippen LogP contribution in [0.5, 0.6) is 0 Å². The zero-order valence-corrected chi connectivity index (χ0v) is 15.1. The molecule has 1 amide bonds. The third kappa shape index (κ3) is 2.78. The molecule has 2 fully saturated rings. The summed E-state index contributed by atoms with van der Waals surface area (Å²) in [6.07, 6.45) is 1.36. The van der Waals surface area contributed by atoms with Crippen molar-refractivity contribution in [1.82, 2.24) is 10.6 Å². The van der Waals surface area contributed by atoms with Crippen molar-refractivity contribution in [2.75, 3.05) is 0 Å². The maximum absolute atomic E-state index is 13.0. The van der Waals surface area contributed by atoms with E-state index < -0.39 is 5.92 Å². The molecule has 2 aliphatic heterocycles. The van der Waals surface area contributed by atoms with E-state index in [0.717, 1.165) is 12.0 Å². The summed E-state index contributed by atoms with van der Waals surface area (Å²) < 4.78 is 0. The van der Waals surface area contributed by atoms with Crippen molar-refractivity contribution in [2.45, 2.75) is 38.6 Å². The average molecular weight is 355 g/mol. The quantitative estimate of drug-likeness (QED) is 0.758. The van der Waals surface area contributed by atoms with Gasteiger partial charge in [-0.25, -0.2) is 0 Å². The van der Waals surface area contributed by atoms with Crippen LogP contribution in [0.3, 0.4) is 0 Å². The molecule has 3 aliphatic rings. The number of nitrogens with one attached hydrogen (secondary N) is 2. The summed E-state index contributed by atoms with van der Waals surface area (Å²) in [7, 11) is 0. The number of benzene rings is 1. The summed E-state index contributed by atoms with van der Waals surface area (Å²) in [5.74, 6) is -0.331. The number of rotatable bonds is 1. The zero-order valence-electron chi connectivity index (χ0n) is 14.3. The lowest BCUT2D eigenvalue weighted by atomic mass is 9.60. The zero-order chi connectivity index (χ0) is 17.8. The maximum Gasteiger partial charge on any atom is 0.237 e. The fourth-order valence-electron chi connectivity index (χ4n) is 4.58. The number of hydrogen-bond donors (Lipinski definition) is 2. The predicted molar refractivity (Wildman–Crippen MR) is 99.3 cm³/mol. The van der Waals surface area contributed by atoms with E-state index in [-0.39, 0.29) is 40.1 Å². The first-order valence-electron chi connectivity index (χ1n) is 8.63. The Labute approximate surface area is 152 Å². The highest BCUT2D eigenvalue weighted by Gasteiger charge is 2.53. The first-order valence-corrected chi connectivity index (χ1v) is 9.04. The fraction of sp³-hybridized carbons (Fsp3) is 0.474. The third-order valence-electron chi connectivity index (χ3n) is 5.49. The van der Waals surface area contributed by atoms with E-state index in [1.807, 2.05) is 30.3 Å². The summed E-state index contributed by atoms with van der Waals surface area (Å²) in [5.41, 5.74) is 0.932. The highest BCUT2D eigenvalue weighted by atomic mass is 32.1. The van der Waals surface area contributed by atoms with Gasteiger partial charge in [-0.2, -0.15) is 0 Å². The second-order valence-corrected chi connectivity index (χ2v) is 8.38. The number of thiocarbonyl (C=S) groups is 1. The number of amides is 1. The van der Waals surface area contributed by atoms with Crippen molar-refractivity contribution in [3.05, 3.63) is 35.9 Å². The normalized spacial score (nSPS) is 33.5. The highest BCUT2D eigenvalue weighted by Crippen LogP contribution is 2.48. The Kier molecular flexibility index (Phi) is 3.76. The summed E-state index contributed by atoms with van der Waals surface area (Å²) >= 11 is 5.13. The molecule has 130 valence electrons. The molecule has 1 aliphatic carbocycles. The second kappa shape index (κ2) is 5.73. The maximum atomic E-state index is 13.0. The molecule has 6 heteroatoms. The van der Waals surface area contributed by atoms with Gasteiger partial charge in [-0.3, -0.25) is 14.6 Å². The van der Waals surface area contributed by atoms with Crippen LogP contribution in [0.15, 0.2) is 35.3 Å². The Morgan fingerprint density at radius 3 is 2.56 bits per heavy atom. The molecule has 5 nitrogen and oxygen atoms in total. The van der Waals surface area contributed by atoms with Crippen LogP contribution < -0.4 is 10.6 Å². The van der Waals surface area contributed by atoms with Crippen molar-refractivity contribution in [3.63, 3.8) is 0 Å². The number of nitrogens with zero attached hydrogens (tertiary/aromatic N) is 1. The van der Waals surface area contributed by atoms with Gasteiger partial charge in [0.2, 0.25) is 5.91 Å². The summed E-state index contributed by atoms with van der Waals surface area (Å²) in [5, 5.41) is 6.04. The smallest absolute Gasteiger partial charge is 0.237 e. The molecule has 1 saturated carbocycles. The summed E-state index contributed by atoms with van der Waals surface area (Å²) in [6.45, 7) is 4.22. The number of aliphatic imine (C=N–C) groups is 1. The molecule has 2 N–H and O–H groups in total. The molecule has 0 bridgehead atoms. The summed E-state index contributed by atoms with van der Waals surface area (Å²) in [6, 6.07) is 9.72. The summed E-state index contributed by atoms with van der Waals surface area (Å²) in [4.78, 5) is 30.5. The second-order valence-electron chi connectivity index (χ2n) is 7.98. The average Bonchev–Trinajstić information content (AvgIpc) is 2.52. The van der Waals surface area contributed by atoms with E-state index in [4.69, 9.17) is 17.2 Å². The first kappa shape index (κ1) is 16.4. The lowest BCUT2D eigenvalue weighted by Gasteiger charge is -2.47. The first-order chi connectivity index (χ1) is 11.9. The molecule has 2 heterocycles. The van der Waals surface area contributed by atoms with Gasteiger partial charge in [0.05, 0.1) is 6.04 Å². The van der Waals surface area contributed by atoms with Crippen LogP contribution in [-0.2, 0) is 9.59 Å². The van der Waals surface area contributed by atoms with Crippen LogP contribution in [-0.4, -0.2) is 28.7 Å². The van der Waals surface area contributed by atoms with Crippen LogP contribution in [0, 0.1) is 17.3 Å². The minimum atomic E-state index is -0.500. The SMILES string of the molecule is CC1(C)CC(=O)C2C(C1)N=C1NC(=S)NC(=O)C1C2c1ccccc1. The monoisotopic (exact) mass is 355 g/mol. The van der Waals surface area contributed by atoms with Gasteiger partial charge in [0.25, 0.3) is 0 Å². The minimum absolute atomic E-state index is 0.0756. The van der Waals surface area contributed by atoms with E-state index in [9.17, 15) is 9.59 Å². The molecule has 1 aromatic rings. The van der Waals surface area contributed by atoms with Gasteiger partial charge in [0.1, 0.15) is 17.5 Å². The molecule has 4 atom stereocenters. The van der Waals surface area contributed by atoms with E-state index in [2.05, 4.69) is 24.5 Å². The van der Waals surface area contributed by atoms with Crippen LogP contribution in [0.4, 0.5) is 0 Å². The van der Waals surface area contributed by atoms with Crippen LogP contribution >= 0.6 is 12.2 Å². The molecule has 4 unspecified atom stereocenters. The van der Waals surface area contributed by atoms with Crippen molar-refractivity contribution in [1.29, 1.82) is 0 Å². The van der Waals surface area contributed by atoms with Gasteiger partial charge in [0, 0.05) is 18.3 Å². The molecule has 4 rings (SSSR count). The van der Waals surface area contributed by atoms with Crippen LogP contribution in [0.2, 0.25) is 0 Å². The number of Topliss-reactive ketones (excluding diaryl/α,β-unsaturated/α-hetero) is 1. The van der Waals surface area contributed by atoms with E-state index >= 15 is 0 Å². The molecule has 0 spiro atoms. The van der Waals surface area contributed by atoms with Gasteiger partial charge in [-0.05, 0) is 29.6 Å². The van der Waals surface area contributed by atoms with Crippen LogP contribution in [0.25, 0.3) is 0 Å². The van der Waals surface area contributed by atoms with Gasteiger partial charge >= 0.3 is 0 Å². The van der Waals surface area contributed by atoms with Crippen molar-refractivity contribution in [3.8, 4) is 0 Å². The number of carbonyl (C=O) groups is 2. The lowest BCUT2D eigenvalue weighted by molar-refractivity contribution is -0.131. The number of fused-ring (bicyclic) bond motifs is 2. The molecular weight excluding hydrogens is 334 g/mol. The molecular formula is C19H21N3O2S. The Bertz CT molecular complexity index is 787. The molecule has 1 aromatic carbocycles. The third-order valence-corrected chi connectivity index (χ3v) is 5.70.